The van der Waals surface area contributed by atoms with Crippen LogP contribution in [0.15, 0.2) is 29.1 Å². The molecule has 0 spiro atoms. The Morgan fingerprint density at radius 2 is 1.97 bits per heavy atom. The number of ether oxygens (including phenoxy) is 2. The van der Waals surface area contributed by atoms with Gasteiger partial charge in [-0.25, -0.2) is 9.50 Å². The number of aromatic nitrogens is 3. The zero-order chi connectivity index (χ0) is 21.7. The molecule has 2 aliphatic heterocycles. The molecule has 9 heteroatoms. The van der Waals surface area contributed by atoms with Gasteiger partial charge >= 0.3 is 6.61 Å². The Hall–Kier alpha value is -2.94. The molecule has 0 unspecified atom stereocenters. The van der Waals surface area contributed by atoms with Gasteiger partial charge in [0.25, 0.3) is 5.56 Å². The third-order valence-electron chi connectivity index (χ3n) is 6.37. The van der Waals surface area contributed by atoms with Crippen molar-refractivity contribution in [2.75, 3.05) is 7.11 Å². The number of nitrogens with zero attached hydrogens (tertiary/aromatic N) is 3. The van der Waals surface area contributed by atoms with Crippen LogP contribution >= 0.6 is 0 Å². The molecule has 0 amide bonds. The van der Waals surface area contributed by atoms with Gasteiger partial charge in [0.1, 0.15) is 0 Å². The highest BCUT2D eigenvalue weighted by atomic mass is 19.3. The summed E-state index contributed by atoms with van der Waals surface area (Å²) in [5.74, 6) is 0.308. The fraction of sp³-hybridized carbons (Fsp3) is 0.455. The summed E-state index contributed by atoms with van der Waals surface area (Å²) in [4.78, 5) is 20.3. The first-order chi connectivity index (χ1) is 14.9. The van der Waals surface area contributed by atoms with Crippen LogP contribution in [0.5, 0.6) is 11.5 Å². The Morgan fingerprint density at radius 3 is 2.71 bits per heavy atom. The monoisotopic (exact) mass is 430 g/mol. The topological polar surface area (TPSA) is 71.9 Å². The van der Waals surface area contributed by atoms with Gasteiger partial charge in [0.15, 0.2) is 17.1 Å². The van der Waals surface area contributed by atoms with Crippen molar-refractivity contribution in [3.8, 4) is 11.5 Å². The van der Waals surface area contributed by atoms with E-state index in [0.717, 1.165) is 41.8 Å². The summed E-state index contributed by atoms with van der Waals surface area (Å²) < 4.78 is 36.5. The summed E-state index contributed by atoms with van der Waals surface area (Å²) in [7, 11) is 1.44. The molecule has 0 aliphatic carbocycles. The summed E-state index contributed by atoms with van der Waals surface area (Å²) in [5, 5.41) is 3.07. The molecule has 2 atom stereocenters. The molecule has 0 radical (unpaired) electrons. The Bertz CT molecular complexity index is 1190. The summed E-state index contributed by atoms with van der Waals surface area (Å²) in [6.45, 7) is -0.343. The van der Waals surface area contributed by atoms with E-state index < -0.39 is 6.61 Å². The third-order valence-corrected chi connectivity index (χ3v) is 6.37. The molecular weight excluding hydrogens is 406 g/mol. The fourth-order valence-electron chi connectivity index (χ4n) is 4.98. The normalized spacial score (nSPS) is 20.8. The Kier molecular flexibility index (Phi) is 4.92. The van der Waals surface area contributed by atoms with E-state index in [0.29, 0.717) is 18.6 Å². The molecule has 164 valence electrons. The maximum Gasteiger partial charge on any atom is 0.387 e. The van der Waals surface area contributed by atoms with E-state index in [1.165, 1.54) is 17.7 Å². The van der Waals surface area contributed by atoms with Gasteiger partial charge in [0.05, 0.1) is 12.8 Å². The van der Waals surface area contributed by atoms with Gasteiger partial charge in [0, 0.05) is 42.4 Å². The van der Waals surface area contributed by atoms with Crippen molar-refractivity contribution in [1.82, 2.24) is 19.5 Å². The van der Waals surface area contributed by atoms with Crippen LogP contribution in [0.2, 0.25) is 0 Å². The molecule has 2 aromatic heterocycles. The van der Waals surface area contributed by atoms with E-state index in [4.69, 9.17) is 9.72 Å². The summed E-state index contributed by atoms with van der Waals surface area (Å²) in [6.07, 6.45) is 3.44. The number of aromatic amines is 1. The lowest BCUT2D eigenvalue weighted by Crippen LogP contribution is -2.36. The van der Waals surface area contributed by atoms with Crippen LogP contribution in [-0.2, 0) is 19.4 Å². The molecule has 1 N–H and O–H groups in total. The van der Waals surface area contributed by atoms with Gasteiger partial charge in [-0.2, -0.15) is 8.78 Å². The SMILES string of the molecule is COc1cc(CN2[C@@H]3CC[C@H]2Cc2c(nc4cc(C)[nH]n4c2=O)C3)ccc1OC(F)F. The highest BCUT2D eigenvalue weighted by Gasteiger charge is 2.38. The van der Waals surface area contributed by atoms with E-state index in [1.54, 1.807) is 12.1 Å². The van der Waals surface area contributed by atoms with Crippen molar-refractivity contribution in [3.63, 3.8) is 0 Å². The van der Waals surface area contributed by atoms with Gasteiger partial charge in [-0.3, -0.25) is 14.8 Å². The summed E-state index contributed by atoms with van der Waals surface area (Å²) in [5.41, 5.74) is 4.17. The average Bonchev–Trinajstić information content (AvgIpc) is 3.23. The number of halogens is 2. The Balaban J connectivity index is 1.43. The van der Waals surface area contributed by atoms with E-state index in [9.17, 15) is 13.6 Å². The van der Waals surface area contributed by atoms with Crippen molar-refractivity contribution in [1.29, 1.82) is 0 Å². The van der Waals surface area contributed by atoms with Crippen LogP contribution in [0.4, 0.5) is 8.78 Å². The van der Waals surface area contributed by atoms with Crippen molar-refractivity contribution in [3.05, 3.63) is 57.1 Å². The number of benzene rings is 1. The second-order valence-corrected chi connectivity index (χ2v) is 8.30. The van der Waals surface area contributed by atoms with Crippen LogP contribution in [0.1, 0.15) is 35.4 Å². The minimum absolute atomic E-state index is 0.0178. The largest absolute Gasteiger partial charge is 0.493 e. The molecular formula is C22H24F2N4O3. The van der Waals surface area contributed by atoms with Gasteiger partial charge in [-0.15, -0.1) is 0 Å². The zero-order valence-electron chi connectivity index (χ0n) is 17.4. The lowest BCUT2D eigenvalue weighted by molar-refractivity contribution is -0.0512. The first kappa shape index (κ1) is 20.0. The molecule has 31 heavy (non-hydrogen) atoms. The number of rotatable bonds is 5. The molecule has 7 nitrogen and oxygen atoms in total. The van der Waals surface area contributed by atoms with Crippen molar-refractivity contribution in [2.24, 2.45) is 0 Å². The quantitative estimate of drug-likeness (QED) is 0.674. The van der Waals surface area contributed by atoms with Crippen LogP contribution in [0.25, 0.3) is 5.65 Å². The molecule has 0 saturated carbocycles. The minimum atomic E-state index is -2.90. The molecule has 5 rings (SSSR count). The fourth-order valence-corrected chi connectivity index (χ4v) is 4.98. The van der Waals surface area contributed by atoms with Gasteiger partial charge < -0.3 is 9.47 Å². The molecule has 1 fully saturated rings. The zero-order valence-corrected chi connectivity index (χ0v) is 17.4. The predicted octanol–water partition coefficient (Wildman–Crippen LogP) is 3.07. The predicted molar refractivity (Wildman–Crippen MR) is 110 cm³/mol. The average molecular weight is 430 g/mol. The van der Waals surface area contributed by atoms with E-state index in [2.05, 4.69) is 14.7 Å². The number of hydrogen-bond donors (Lipinski definition) is 1. The molecule has 1 aromatic carbocycles. The third kappa shape index (κ3) is 3.56. The van der Waals surface area contributed by atoms with Crippen LogP contribution in [-0.4, -0.2) is 45.3 Å². The molecule has 2 aliphatic rings. The van der Waals surface area contributed by atoms with E-state index in [-0.39, 0.29) is 29.1 Å². The second kappa shape index (κ2) is 7.64. The summed E-state index contributed by atoms with van der Waals surface area (Å²) >= 11 is 0. The first-order valence-electron chi connectivity index (χ1n) is 10.4. The number of hydrogen-bond acceptors (Lipinski definition) is 5. The smallest absolute Gasteiger partial charge is 0.387 e. The number of H-pyrrole nitrogens is 1. The van der Waals surface area contributed by atoms with E-state index in [1.807, 2.05) is 13.0 Å². The number of alkyl halides is 2. The highest BCUT2D eigenvalue weighted by molar-refractivity contribution is 5.44. The molecule has 1 saturated heterocycles. The van der Waals surface area contributed by atoms with Crippen molar-refractivity contribution in [2.45, 2.75) is 57.8 Å². The Morgan fingerprint density at radius 1 is 1.19 bits per heavy atom. The van der Waals surface area contributed by atoms with Crippen LogP contribution < -0.4 is 15.0 Å². The maximum absolute atomic E-state index is 13.1. The van der Waals surface area contributed by atoms with Crippen LogP contribution in [0, 0.1) is 6.92 Å². The minimum Gasteiger partial charge on any atom is -0.493 e. The molecule has 4 heterocycles. The van der Waals surface area contributed by atoms with Gasteiger partial charge in [-0.05, 0) is 43.9 Å². The lowest BCUT2D eigenvalue weighted by atomic mass is 9.98. The summed E-state index contributed by atoms with van der Waals surface area (Å²) in [6, 6.07) is 7.46. The van der Waals surface area contributed by atoms with Crippen molar-refractivity contribution < 1.29 is 18.3 Å². The first-order valence-corrected chi connectivity index (χ1v) is 10.4. The second-order valence-electron chi connectivity index (χ2n) is 8.30. The van der Waals surface area contributed by atoms with Gasteiger partial charge in [-0.1, -0.05) is 6.07 Å². The van der Waals surface area contributed by atoms with Crippen molar-refractivity contribution >= 4 is 5.65 Å². The highest BCUT2D eigenvalue weighted by Crippen LogP contribution is 2.36. The number of nitrogens with one attached hydrogen (secondary N) is 1. The molecule has 2 bridgehead atoms. The maximum atomic E-state index is 13.1. The lowest BCUT2D eigenvalue weighted by Gasteiger charge is -2.28. The van der Waals surface area contributed by atoms with Crippen LogP contribution in [0.3, 0.4) is 0 Å². The molecule has 3 aromatic rings. The van der Waals surface area contributed by atoms with E-state index >= 15 is 0 Å². The number of aryl methyl sites for hydroxylation is 1. The number of methoxy groups -OCH3 is 1. The standard InChI is InChI=1S/C22H24F2N4O3/c1-12-7-20-25-17-10-15-5-4-14(9-16(17)21(29)28(20)26-12)27(15)11-13-3-6-18(31-22(23)24)19(8-13)30-2/h3,6-8,14-15,22,26H,4-5,9-11H2,1-2H3/t14-,15+/m0/s1. The van der Waals surface area contributed by atoms with Gasteiger partial charge in [0.2, 0.25) is 0 Å². The Labute approximate surface area is 177 Å². The number of fused-ring (bicyclic) bond motifs is 4.